The standard InChI is InChI=1S/C16H23FN2O.2ClH/c1-12(2)10-16(19-8-6-18-7-9-19)14-11-13(20-3)4-5-15(14)17;;/h4-5,11,16,18H,1,6-10H2,2-3H3;2*1H/t16-;;/m0../s1. The van der Waals surface area contributed by atoms with Crippen molar-refractivity contribution in [3.05, 3.63) is 41.7 Å². The topological polar surface area (TPSA) is 24.5 Å². The predicted octanol–water partition coefficient (Wildman–Crippen LogP) is 3.59. The molecule has 6 heteroatoms. The van der Waals surface area contributed by atoms with Gasteiger partial charge in [-0.3, -0.25) is 4.90 Å². The van der Waals surface area contributed by atoms with Crippen LogP contribution in [0.1, 0.15) is 24.9 Å². The number of nitrogens with one attached hydrogen (secondary N) is 1. The number of piperazine rings is 1. The largest absolute Gasteiger partial charge is 0.497 e. The van der Waals surface area contributed by atoms with Gasteiger partial charge in [0.1, 0.15) is 11.6 Å². The lowest BCUT2D eigenvalue weighted by Crippen LogP contribution is -2.45. The molecule has 0 bridgehead atoms. The lowest BCUT2D eigenvalue weighted by atomic mass is 9.97. The van der Waals surface area contributed by atoms with Crippen molar-refractivity contribution in [3.8, 4) is 5.75 Å². The summed E-state index contributed by atoms with van der Waals surface area (Å²) in [4.78, 5) is 2.32. The molecule has 1 heterocycles. The highest BCUT2D eigenvalue weighted by Crippen LogP contribution is 2.31. The minimum absolute atomic E-state index is 0. The Morgan fingerprint density at radius 2 is 2.00 bits per heavy atom. The molecule has 1 aromatic rings. The van der Waals surface area contributed by atoms with Crippen molar-refractivity contribution in [1.29, 1.82) is 0 Å². The second kappa shape index (κ2) is 10.1. The van der Waals surface area contributed by atoms with Gasteiger partial charge in [-0.15, -0.1) is 31.4 Å². The fourth-order valence-electron chi connectivity index (χ4n) is 2.66. The quantitative estimate of drug-likeness (QED) is 0.821. The maximum Gasteiger partial charge on any atom is 0.128 e. The number of methoxy groups -OCH3 is 1. The molecule has 0 radical (unpaired) electrons. The molecule has 1 N–H and O–H groups in total. The monoisotopic (exact) mass is 350 g/mol. The highest BCUT2D eigenvalue weighted by molar-refractivity contribution is 5.85. The van der Waals surface area contributed by atoms with Gasteiger partial charge >= 0.3 is 0 Å². The second-order valence-corrected chi connectivity index (χ2v) is 5.35. The Morgan fingerprint density at radius 3 is 2.55 bits per heavy atom. The molecule has 0 unspecified atom stereocenters. The van der Waals surface area contributed by atoms with Crippen LogP contribution in [0.2, 0.25) is 0 Å². The van der Waals surface area contributed by atoms with Crippen molar-refractivity contribution in [2.45, 2.75) is 19.4 Å². The maximum absolute atomic E-state index is 14.2. The summed E-state index contributed by atoms with van der Waals surface area (Å²) < 4.78 is 19.5. The minimum Gasteiger partial charge on any atom is -0.497 e. The Hall–Kier alpha value is -0.810. The normalized spacial score (nSPS) is 16.1. The Bertz CT molecular complexity index is 479. The Morgan fingerprint density at radius 1 is 1.36 bits per heavy atom. The summed E-state index contributed by atoms with van der Waals surface area (Å²) in [6.45, 7) is 9.72. The molecule has 1 saturated heterocycles. The number of halogens is 3. The smallest absolute Gasteiger partial charge is 0.128 e. The van der Waals surface area contributed by atoms with Crippen LogP contribution in [0.4, 0.5) is 4.39 Å². The number of rotatable bonds is 5. The Balaban J connectivity index is 0.00000220. The Labute approximate surface area is 144 Å². The fourth-order valence-corrected chi connectivity index (χ4v) is 2.66. The molecule has 0 aromatic heterocycles. The third-order valence-corrected chi connectivity index (χ3v) is 3.70. The molecule has 1 aromatic carbocycles. The van der Waals surface area contributed by atoms with Crippen LogP contribution < -0.4 is 10.1 Å². The van der Waals surface area contributed by atoms with Crippen LogP contribution in [-0.2, 0) is 0 Å². The van der Waals surface area contributed by atoms with Crippen molar-refractivity contribution in [3.63, 3.8) is 0 Å². The van der Waals surface area contributed by atoms with Crippen LogP contribution in [0, 0.1) is 5.82 Å². The van der Waals surface area contributed by atoms with E-state index in [1.807, 2.05) is 13.0 Å². The molecule has 2 rings (SSSR count). The second-order valence-electron chi connectivity index (χ2n) is 5.35. The zero-order valence-corrected chi connectivity index (χ0v) is 14.7. The minimum atomic E-state index is -0.171. The molecular weight excluding hydrogens is 326 g/mol. The van der Waals surface area contributed by atoms with Gasteiger partial charge in [-0.2, -0.15) is 0 Å². The van der Waals surface area contributed by atoms with Crippen LogP contribution in [0.5, 0.6) is 5.75 Å². The number of hydrogen-bond acceptors (Lipinski definition) is 3. The summed E-state index contributed by atoms with van der Waals surface area (Å²) in [6, 6.07) is 4.99. The summed E-state index contributed by atoms with van der Waals surface area (Å²) in [5.41, 5.74) is 1.77. The molecule has 0 spiro atoms. The molecule has 1 aliphatic heterocycles. The van der Waals surface area contributed by atoms with Gasteiger partial charge in [0.05, 0.1) is 7.11 Å². The number of ether oxygens (including phenoxy) is 1. The van der Waals surface area contributed by atoms with Crippen LogP contribution in [0.25, 0.3) is 0 Å². The van der Waals surface area contributed by atoms with E-state index in [0.29, 0.717) is 11.3 Å². The highest BCUT2D eigenvalue weighted by atomic mass is 35.5. The molecular formula is C16H25Cl2FN2O. The van der Waals surface area contributed by atoms with Gasteiger partial charge in [-0.25, -0.2) is 4.39 Å². The van der Waals surface area contributed by atoms with E-state index in [1.54, 1.807) is 13.2 Å². The molecule has 3 nitrogen and oxygen atoms in total. The predicted molar refractivity (Wildman–Crippen MR) is 94.1 cm³/mol. The number of nitrogens with zero attached hydrogens (tertiary/aromatic N) is 1. The first-order valence-electron chi connectivity index (χ1n) is 7.04. The van der Waals surface area contributed by atoms with E-state index in [2.05, 4.69) is 16.8 Å². The first-order chi connectivity index (χ1) is 9.61. The SMILES string of the molecule is C=C(C)C[C@@H](c1cc(OC)ccc1F)N1CCNCC1.Cl.Cl. The van der Waals surface area contributed by atoms with Crippen LogP contribution in [0.15, 0.2) is 30.4 Å². The summed E-state index contributed by atoms with van der Waals surface area (Å²) >= 11 is 0. The van der Waals surface area contributed by atoms with E-state index >= 15 is 0 Å². The van der Waals surface area contributed by atoms with Crippen LogP contribution in [-0.4, -0.2) is 38.2 Å². The Kier molecular flexibility index (Phi) is 9.69. The molecule has 0 amide bonds. The summed E-state index contributed by atoms with van der Waals surface area (Å²) in [5.74, 6) is 0.527. The number of hydrogen-bond donors (Lipinski definition) is 1. The van der Waals surface area contributed by atoms with Crippen molar-refractivity contribution >= 4 is 24.8 Å². The summed E-state index contributed by atoms with van der Waals surface area (Å²) in [5, 5.41) is 3.33. The van der Waals surface area contributed by atoms with Crippen molar-refractivity contribution in [2.75, 3.05) is 33.3 Å². The molecule has 0 saturated carbocycles. The first-order valence-corrected chi connectivity index (χ1v) is 7.04. The van der Waals surface area contributed by atoms with E-state index in [0.717, 1.165) is 38.2 Å². The zero-order chi connectivity index (χ0) is 14.5. The van der Waals surface area contributed by atoms with Crippen LogP contribution >= 0.6 is 24.8 Å². The van der Waals surface area contributed by atoms with E-state index in [-0.39, 0.29) is 36.7 Å². The third-order valence-electron chi connectivity index (χ3n) is 3.70. The highest BCUT2D eigenvalue weighted by Gasteiger charge is 2.25. The van der Waals surface area contributed by atoms with Gasteiger partial charge in [0.2, 0.25) is 0 Å². The maximum atomic E-state index is 14.2. The third kappa shape index (κ3) is 5.43. The van der Waals surface area contributed by atoms with Gasteiger partial charge in [0, 0.05) is 37.8 Å². The average molecular weight is 351 g/mol. The summed E-state index contributed by atoms with van der Waals surface area (Å²) in [6.07, 6.45) is 0.768. The van der Waals surface area contributed by atoms with E-state index < -0.39 is 0 Å². The molecule has 1 fully saturated rings. The van der Waals surface area contributed by atoms with Crippen molar-refractivity contribution in [1.82, 2.24) is 10.2 Å². The van der Waals surface area contributed by atoms with E-state index in [4.69, 9.17) is 4.74 Å². The van der Waals surface area contributed by atoms with E-state index in [9.17, 15) is 4.39 Å². The van der Waals surface area contributed by atoms with Gasteiger partial charge in [0.15, 0.2) is 0 Å². The fraction of sp³-hybridized carbons (Fsp3) is 0.500. The lowest BCUT2D eigenvalue weighted by Gasteiger charge is -2.35. The molecule has 126 valence electrons. The molecule has 1 aliphatic rings. The van der Waals surface area contributed by atoms with Gasteiger partial charge in [-0.1, -0.05) is 5.57 Å². The van der Waals surface area contributed by atoms with Crippen molar-refractivity contribution in [2.24, 2.45) is 0 Å². The molecule has 0 aliphatic carbocycles. The average Bonchev–Trinajstić information content (AvgIpc) is 2.46. The van der Waals surface area contributed by atoms with Gasteiger partial charge in [-0.05, 0) is 31.5 Å². The van der Waals surface area contributed by atoms with Gasteiger partial charge < -0.3 is 10.1 Å². The lowest BCUT2D eigenvalue weighted by molar-refractivity contribution is 0.169. The molecule has 1 atom stereocenters. The van der Waals surface area contributed by atoms with Gasteiger partial charge in [0.25, 0.3) is 0 Å². The first kappa shape index (κ1) is 21.2. The van der Waals surface area contributed by atoms with Crippen molar-refractivity contribution < 1.29 is 9.13 Å². The number of benzene rings is 1. The zero-order valence-electron chi connectivity index (χ0n) is 13.1. The summed E-state index contributed by atoms with van der Waals surface area (Å²) in [7, 11) is 1.61. The van der Waals surface area contributed by atoms with E-state index in [1.165, 1.54) is 6.07 Å². The molecule has 22 heavy (non-hydrogen) atoms. The van der Waals surface area contributed by atoms with Crippen LogP contribution in [0.3, 0.4) is 0 Å².